The molecule has 0 bridgehead atoms. The van der Waals surface area contributed by atoms with Crippen LogP contribution in [-0.4, -0.2) is 4.98 Å². The minimum absolute atomic E-state index is 0.436. The molecular formula is C17H18BrN. The second-order valence-corrected chi connectivity index (χ2v) is 6.68. The van der Waals surface area contributed by atoms with Crippen LogP contribution in [0.2, 0.25) is 0 Å². The molecule has 0 fully saturated rings. The number of rotatable bonds is 3. The Morgan fingerprint density at radius 2 is 1.74 bits per heavy atom. The zero-order chi connectivity index (χ0) is 13.4. The van der Waals surface area contributed by atoms with Gasteiger partial charge in [0.05, 0.1) is 0 Å². The van der Waals surface area contributed by atoms with E-state index in [-0.39, 0.29) is 0 Å². The Morgan fingerprint density at radius 3 is 2.53 bits per heavy atom. The van der Waals surface area contributed by atoms with Crippen LogP contribution in [0.25, 0.3) is 21.8 Å². The lowest BCUT2D eigenvalue weighted by Crippen LogP contribution is -1.95. The van der Waals surface area contributed by atoms with Crippen molar-refractivity contribution in [1.29, 1.82) is 0 Å². The molecule has 98 valence electrons. The summed E-state index contributed by atoms with van der Waals surface area (Å²) in [7, 11) is 0. The quantitative estimate of drug-likeness (QED) is 0.587. The Labute approximate surface area is 122 Å². The predicted octanol–water partition coefficient (Wildman–Crippen LogP) is 5.80. The van der Waals surface area contributed by atoms with Crippen LogP contribution in [0.15, 0.2) is 42.5 Å². The number of hydrogen-bond acceptors (Lipinski definition) is 0. The molecule has 0 amide bonds. The number of para-hydroxylation sites is 1. The number of alkyl halides is 1. The van der Waals surface area contributed by atoms with Gasteiger partial charge in [0, 0.05) is 26.6 Å². The second-order valence-electron chi connectivity index (χ2n) is 5.57. The molecule has 0 aliphatic carbocycles. The molecule has 19 heavy (non-hydrogen) atoms. The van der Waals surface area contributed by atoms with Crippen LogP contribution >= 0.6 is 15.9 Å². The number of H-pyrrole nitrogens is 1. The molecule has 0 aliphatic rings. The Morgan fingerprint density at radius 1 is 1.00 bits per heavy atom. The highest BCUT2D eigenvalue weighted by molar-refractivity contribution is 9.09. The zero-order valence-corrected chi connectivity index (χ0v) is 12.9. The summed E-state index contributed by atoms with van der Waals surface area (Å²) in [5.41, 5.74) is 3.80. The topological polar surface area (TPSA) is 15.8 Å². The van der Waals surface area contributed by atoms with Gasteiger partial charge in [-0.1, -0.05) is 54.0 Å². The number of aromatic nitrogens is 1. The molecule has 2 aromatic carbocycles. The molecule has 3 rings (SSSR count). The molecule has 0 spiro atoms. The molecule has 1 heterocycles. The van der Waals surface area contributed by atoms with E-state index in [2.05, 4.69) is 77.2 Å². The molecule has 0 radical (unpaired) electrons. The normalized spacial score (nSPS) is 13.5. The smallest absolute Gasteiger partial charge is 0.0465 e. The van der Waals surface area contributed by atoms with Crippen LogP contribution in [0.1, 0.15) is 30.7 Å². The number of halogens is 1. The largest absolute Gasteiger partial charge is 0.355 e. The van der Waals surface area contributed by atoms with Gasteiger partial charge in [-0.25, -0.2) is 0 Å². The Kier molecular flexibility index (Phi) is 3.36. The van der Waals surface area contributed by atoms with E-state index in [9.17, 15) is 0 Å². The van der Waals surface area contributed by atoms with Crippen molar-refractivity contribution in [3.8, 4) is 0 Å². The van der Waals surface area contributed by atoms with Crippen molar-refractivity contribution < 1.29 is 0 Å². The van der Waals surface area contributed by atoms with E-state index in [1.54, 1.807) is 0 Å². The summed E-state index contributed by atoms with van der Waals surface area (Å²) in [4.78, 5) is 3.91. The molecule has 0 saturated heterocycles. The van der Waals surface area contributed by atoms with Gasteiger partial charge in [-0.05, 0) is 36.1 Å². The average Bonchev–Trinajstić information content (AvgIpc) is 2.75. The molecule has 0 aliphatic heterocycles. The van der Waals surface area contributed by atoms with Crippen molar-refractivity contribution in [2.45, 2.75) is 25.1 Å². The van der Waals surface area contributed by atoms with Gasteiger partial charge in [0.1, 0.15) is 0 Å². The van der Waals surface area contributed by atoms with Gasteiger partial charge in [-0.15, -0.1) is 0 Å². The van der Waals surface area contributed by atoms with E-state index in [4.69, 9.17) is 0 Å². The molecular weight excluding hydrogens is 298 g/mol. The Bertz CT molecular complexity index is 711. The maximum absolute atomic E-state index is 3.81. The molecule has 0 saturated carbocycles. The van der Waals surface area contributed by atoms with E-state index in [1.165, 1.54) is 27.4 Å². The Hall–Kier alpha value is -1.28. The van der Waals surface area contributed by atoms with E-state index in [0.717, 1.165) is 6.42 Å². The van der Waals surface area contributed by atoms with Crippen molar-refractivity contribution >= 4 is 37.7 Å². The summed E-state index contributed by atoms with van der Waals surface area (Å²) in [5, 5.41) is 2.63. The maximum atomic E-state index is 3.81. The number of fused-ring (bicyclic) bond motifs is 3. The molecule has 1 aromatic heterocycles. The lowest BCUT2D eigenvalue weighted by Gasteiger charge is -2.12. The highest BCUT2D eigenvalue weighted by atomic mass is 79.9. The van der Waals surface area contributed by atoms with Crippen LogP contribution in [-0.2, 0) is 0 Å². The van der Waals surface area contributed by atoms with Crippen LogP contribution in [0.4, 0.5) is 0 Å². The minimum Gasteiger partial charge on any atom is -0.355 e. The van der Waals surface area contributed by atoms with Crippen LogP contribution in [0.3, 0.4) is 0 Å². The minimum atomic E-state index is 0.436. The first-order valence-corrected chi connectivity index (χ1v) is 7.71. The maximum Gasteiger partial charge on any atom is 0.0465 e. The van der Waals surface area contributed by atoms with Gasteiger partial charge < -0.3 is 4.98 Å². The number of hydrogen-bond donors (Lipinski definition) is 1. The highest BCUT2D eigenvalue weighted by Crippen LogP contribution is 2.33. The molecule has 1 N–H and O–H groups in total. The fraction of sp³-hybridized carbons (Fsp3) is 0.294. The summed E-state index contributed by atoms with van der Waals surface area (Å²) >= 11 is 3.81. The summed E-state index contributed by atoms with van der Waals surface area (Å²) in [6.45, 7) is 4.52. The SMILES string of the molecule is CC(C)CC(Br)c1ccc2[nH]c3ccccc3c2c1. The summed E-state index contributed by atoms with van der Waals surface area (Å²) < 4.78 is 0. The first-order valence-electron chi connectivity index (χ1n) is 6.79. The lowest BCUT2D eigenvalue weighted by atomic mass is 10.0. The summed E-state index contributed by atoms with van der Waals surface area (Å²) in [5.74, 6) is 0.697. The van der Waals surface area contributed by atoms with Crippen molar-refractivity contribution in [2.24, 2.45) is 5.92 Å². The monoisotopic (exact) mass is 315 g/mol. The van der Waals surface area contributed by atoms with Gasteiger partial charge in [0.2, 0.25) is 0 Å². The van der Waals surface area contributed by atoms with Crippen molar-refractivity contribution in [3.05, 3.63) is 48.0 Å². The van der Waals surface area contributed by atoms with Gasteiger partial charge in [0.15, 0.2) is 0 Å². The Balaban J connectivity index is 2.11. The second kappa shape index (κ2) is 5.01. The number of aromatic amines is 1. The highest BCUT2D eigenvalue weighted by Gasteiger charge is 2.11. The third-order valence-electron chi connectivity index (χ3n) is 3.57. The first kappa shape index (κ1) is 12.7. The third-order valence-corrected chi connectivity index (χ3v) is 4.47. The molecule has 1 atom stereocenters. The van der Waals surface area contributed by atoms with E-state index in [1.807, 2.05) is 0 Å². The van der Waals surface area contributed by atoms with Gasteiger partial charge >= 0.3 is 0 Å². The van der Waals surface area contributed by atoms with Gasteiger partial charge in [0.25, 0.3) is 0 Å². The van der Waals surface area contributed by atoms with Crippen LogP contribution < -0.4 is 0 Å². The fourth-order valence-electron chi connectivity index (χ4n) is 2.61. The lowest BCUT2D eigenvalue weighted by molar-refractivity contribution is 0.584. The molecule has 1 unspecified atom stereocenters. The van der Waals surface area contributed by atoms with Crippen LogP contribution in [0.5, 0.6) is 0 Å². The average molecular weight is 316 g/mol. The summed E-state index contributed by atoms with van der Waals surface area (Å²) in [6, 6.07) is 15.2. The fourth-order valence-corrected chi connectivity index (χ4v) is 3.64. The molecule has 3 aromatic rings. The third kappa shape index (κ3) is 2.42. The van der Waals surface area contributed by atoms with Gasteiger partial charge in [-0.2, -0.15) is 0 Å². The van der Waals surface area contributed by atoms with Crippen LogP contribution in [0, 0.1) is 5.92 Å². The van der Waals surface area contributed by atoms with Crippen molar-refractivity contribution in [2.75, 3.05) is 0 Å². The molecule has 1 nitrogen and oxygen atoms in total. The van der Waals surface area contributed by atoms with Gasteiger partial charge in [-0.3, -0.25) is 0 Å². The number of nitrogens with one attached hydrogen (secondary N) is 1. The van der Waals surface area contributed by atoms with E-state index >= 15 is 0 Å². The summed E-state index contributed by atoms with van der Waals surface area (Å²) in [6.07, 6.45) is 1.16. The van der Waals surface area contributed by atoms with Crippen molar-refractivity contribution in [3.63, 3.8) is 0 Å². The first-order chi connectivity index (χ1) is 9.15. The van der Waals surface area contributed by atoms with Crippen molar-refractivity contribution in [1.82, 2.24) is 4.98 Å². The van der Waals surface area contributed by atoms with E-state index < -0.39 is 0 Å². The van der Waals surface area contributed by atoms with E-state index in [0.29, 0.717) is 10.7 Å². The standard InChI is InChI=1S/C17H18BrN/c1-11(2)9-15(18)12-7-8-17-14(10-12)13-5-3-4-6-16(13)19-17/h3-8,10-11,15,19H,9H2,1-2H3. The zero-order valence-electron chi connectivity index (χ0n) is 11.3. The predicted molar refractivity (Wildman–Crippen MR) is 86.9 cm³/mol. The number of benzene rings is 2. The molecule has 2 heteroatoms.